The van der Waals surface area contributed by atoms with Crippen molar-refractivity contribution in [1.82, 2.24) is 0 Å². The van der Waals surface area contributed by atoms with Gasteiger partial charge >= 0.3 is 7.48 Å². The fourth-order valence-corrected chi connectivity index (χ4v) is 4.58. The monoisotopic (exact) mass is 509 g/mol. The molecule has 0 saturated carbocycles. The van der Waals surface area contributed by atoms with Crippen LogP contribution in [0.4, 0.5) is 0 Å². The van der Waals surface area contributed by atoms with E-state index in [9.17, 15) is 5.11 Å². The third-order valence-electron chi connectivity index (χ3n) is 7.55. The summed E-state index contributed by atoms with van der Waals surface area (Å²) in [6.07, 6.45) is 0. The molecule has 39 heavy (non-hydrogen) atoms. The van der Waals surface area contributed by atoms with Crippen LogP contribution in [-0.4, -0.2) is 23.8 Å². The second-order valence-corrected chi connectivity index (χ2v) is 11.0. The molecule has 193 valence electrons. The Kier molecular flexibility index (Phi) is 7.57. The first-order chi connectivity index (χ1) is 18.7. The molecule has 1 N–H and O–H groups in total. The lowest BCUT2D eigenvalue weighted by Gasteiger charge is -2.37. The zero-order valence-corrected chi connectivity index (χ0v) is 23.1. The lowest BCUT2D eigenvalue weighted by atomic mass is 9.77. The van der Waals surface area contributed by atoms with Gasteiger partial charge in [-0.05, 0) is 78.3 Å². The maximum absolute atomic E-state index is 10.7. The highest BCUT2D eigenvalue weighted by atomic mass is 16.5. The molecule has 0 heterocycles. The smallest absolute Gasteiger partial charge is 0.330 e. The lowest BCUT2D eigenvalue weighted by Crippen LogP contribution is -2.49. The van der Waals surface area contributed by atoms with E-state index in [1.165, 1.54) is 16.7 Å². The van der Waals surface area contributed by atoms with Crippen molar-refractivity contribution < 1.29 is 9.76 Å². The van der Waals surface area contributed by atoms with Gasteiger partial charge in [0.25, 0.3) is 0 Å². The van der Waals surface area contributed by atoms with Gasteiger partial charge < -0.3 is 9.76 Å². The normalized spacial score (nSPS) is 11.8. The van der Waals surface area contributed by atoms with Crippen molar-refractivity contribution in [3.05, 3.63) is 127 Å². The Morgan fingerprint density at radius 3 is 1.54 bits per heavy atom. The third kappa shape index (κ3) is 5.91. The molecule has 0 aliphatic rings. The molecule has 3 heteroatoms. The van der Waals surface area contributed by atoms with E-state index >= 15 is 0 Å². The molecule has 0 bridgehead atoms. The molecule has 0 aliphatic heterocycles. The largest absolute Gasteiger partial charge is 0.427 e. The van der Waals surface area contributed by atoms with Crippen LogP contribution in [-0.2, 0) is 4.65 Å². The van der Waals surface area contributed by atoms with Gasteiger partial charge in [-0.3, -0.25) is 0 Å². The average Bonchev–Trinajstić information content (AvgIpc) is 2.96. The van der Waals surface area contributed by atoms with Gasteiger partial charge in [0, 0.05) is 0 Å². The average molecular weight is 509 g/mol. The fraction of sp³-hybridized carbons (Fsp3) is 0.167. The molecule has 0 atom stereocenters. The Labute approximate surface area is 233 Å². The summed E-state index contributed by atoms with van der Waals surface area (Å²) >= 11 is 0. The van der Waals surface area contributed by atoms with Gasteiger partial charge in [0.05, 0.1) is 11.2 Å². The summed E-state index contributed by atoms with van der Waals surface area (Å²) < 4.78 is 6.23. The van der Waals surface area contributed by atoms with Crippen LogP contribution in [0.1, 0.15) is 27.7 Å². The van der Waals surface area contributed by atoms with Gasteiger partial charge in [-0.25, -0.2) is 0 Å². The van der Waals surface area contributed by atoms with Crippen LogP contribution in [0.2, 0.25) is 0 Å². The number of rotatable bonds is 8. The summed E-state index contributed by atoms with van der Waals surface area (Å²) in [6.45, 7) is 7.36. The molecule has 5 aromatic carbocycles. The minimum atomic E-state index is -1.01. The maximum atomic E-state index is 10.7. The van der Waals surface area contributed by atoms with Gasteiger partial charge in [0.15, 0.2) is 0 Å². The van der Waals surface area contributed by atoms with Crippen molar-refractivity contribution in [2.45, 2.75) is 38.9 Å². The number of hydrogen-bond acceptors (Lipinski definition) is 2. The van der Waals surface area contributed by atoms with Gasteiger partial charge in [0.1, 0.15) is 0 Å². The Hall–Kier alpha value is -3.92. The van der Waals surface area contributed by atoms with Crippen LogP contribution in [0.3, 0.4) is 0 Å². The first kappa shape index (κ1) is 26.7. The Balaban J connectivity index is 1.73. The van der Waals surface area contributed by atoms with Crippen LogP contribution in [0.25, 0.3) is 44.5 Å². The summed E-state index contributed by atoms with van der Waals surface area (Å²) in [7, 11) is 1.78. The van der Waals surface area contributed by atoms with Gasteiger partial charge in [-0.15, -0.1) is 0 Å². The van der Waals surface area contributed by atoms with Crippen LogP contribution in [0, 0.1) is 0 Å². The van der Waals surface area contributed by atoms with Crippen LogP contribution in [0.5, 0.6) is 0 Å². The summed E-state index contributed by atoms with van der Waals surface area (Å²) in [4.78, 5) is 0. The van der Waals surface area contributed by atoms with Crippen molar-refractivity contribution in [2.24, 2.45) is 0 Å². The van der Waals surface area contributed by atoms with E-state index in [1.807, 2.05) is 26.0 Å². The molecule has 2 nitrogen and oxygen atoms in total. The zero-order chi connectivity index (χ0) is 27.5. The van der Waals surface area contributed by atoms with Crippen LogP contribution in [0.15, 0.2) is 127 Å². The van der Waals surface area contributed by atoms with Gasteiger partial charge in [-0.2, -0.15) is 0 Å². The Morgan fingerprint density at radius 1 is 0.513 bits per heavy atom. The molecule has 1 radical (unpaired) electrons. The highest BCUT2D eigenvalue weighted by Crippen LogP contribution is 2.40. The first-order valence-electron chi connectivity index (χ1n) is 13.4. The maximum Gasteiger partial charge on any atom is 0.330 e. The van der Waals surface area contributed by atoms with E-state index in [4.69, 9.17) is 4.65 Å². The molecule has 0 spiro atoms. The number of benzene rings is 5. The lowest BCUT2D eigenvalue weighted by molar-refractivity contribution is -0.0893. The molecule has 0 amide bonds. The van der Waals surface area contributed by atoms with Crippen molar-refractivity contribution in [3.63, 3.8) is 0 Å². The quantitative estimate of drug-likeness (QED) is 0.214. The van der Waals surface area contributed by atoms with E-state index in [1.54, 1.807) is 21.3 Å². The number of hydrogen-bond donors (Lipinski definition) is 1. The van der Waals surface area contributed by atoms with Gasteiger partial charge in [-0.1, -0.05) is 127 Å². The minimum absolute atomic E-state index is 0.772. The molecular weight excluding hydrogens is 475 g/mol. The molecule has 5 rings (SSSR count). The molecular formula is C36H34BO2. The second kappa shape index (κ2) is 11.1. The van der Waals surface area contributed by atoms with Crippen LogP contribution < -0.4 is 5.46 Å². The molecule has 0 saturated heterocycles. The van der Waals surface area contributed by atoms with Crippen LogP contribution >= 0.6 is 0 Å². The van der Waals surface area contributed by atoms with Crippen molar-refractivity contribution in [3.8, 4) is 44.5 Å². The number of aliphatic hydroxyl groups is 1. The molecule has 0 aromatic heterocycles. The van der Waals surface area contributed by atoms with E-state index in [0.29, 0.717) is 0 Å². The van der Waals surface area contributed by atoms with E-state index in [-0.39, 0.29) is 0 Å². The molecule has 0 fully saturated rings. The zero-order valence-electron chi connectivity index (χ0n) is 23.1. The Morgan fingerprint density at radius 2 is 0.974 bits per heavy atom. The molecule has 0 unspecified atom stereocenters. The fourth-order valence-electron chi connectivity index (χ4n) is 4.58. The molecule has 5 aromatic rings. The topological polar surface area (TPSA) is 29.5 Å². The SMILES string of the molecule is CC(C)(O)C(C)(C)O[B]c1cc(-c2ccccc2)c(-c2ccccc2)c(-c2cccc(-c3ccccc3)c2)c1. The predicted octanol–water partition coefficient (Wildman–Crippen LogP) is 8.17. The summed E-state index contributed by atoms with van der Waals surface area (Å²) in [5, 5.41) is 10.7. The summed E-state index contributed by atoms with van der Waals surface area (Å²) in [5.74, 6) is 0. The van der Waals surface area contributed by atoms with Crippen molar-refractivity contribution >= 4 is 12.9 Å². The first-order valence-corrected chi connectivity index (χ1v) is 13.4. The van der Waals surface area contributed by atoms with E-state index in [2.05, 4.69) is 115 Å². The highest BCUT2D eigenvalue weighted by Gasteiger charge is 2.35. The van der Waals surface area contributed by atoms with Crippen molar-refractivity contribution in [2.75, 3.05) is 0 Å². The minimum Gasteiger partial charge on any atom is -0.427 e. The van der Waals surface area contributed by atoms with E-state index in [0.717, 1.165) is 33.3 Å². The third-order valence-corrected chi connectivity index (χ3v) is 7.55. The van der Waals surface area contributed by atoms with Gasteiger partial charge in [0.2, 0.25) is 0 Å². The predicted molar refractivity (Wildman–Crippen MR) is 165 cm³/mol. The summed E-state index contributed by atoms with van der Waals surface area (Å²) in [5.41, 5.74) is 8.34. The Bertz CT molecular complexity index is 1540. The second-order valence-electron chi connectivity index (χ2n) is 11.0. The molecule has 0 aliphatic carbocycles. The summed E-state index contributed by atoms with van der Waals surface area (Å²) in [6, 6.07) is 44.6. The highest BCUT2D eigenvalue weighted by molar-refractivity contribution is 6.47. The standard InChI is InChI=1S/C36H34BO2/c1-35(2,38)36(3,4)39-37-31-24-32(27-17-10-6-11-18-27)34(28-19-12-7-13-20-28)33(25-31)30-22-14-21-29(23-30)26-15-8-5-9-16-26/h5-25,38H,1-4H3. The van der Waals surface area contributed by atoms with E-state index < -0.39 is 11.2 Å². The van der Waals surface area contributed by atoms with Crippen molar-refractivity contribution in [1.29, 1.82) is 0 Å².